The van der Waals surface area contributed by atoms with Gasteiger partial charge in [-0.25, -0.2) is 9.37 Å². The van der Waals surface area contributed by atoms with Crippen LogP contribution in [0, 0.1) is 17.1 Å². The lowest BCUT2D eigenvalue weighted by molar-refractivity contribution is 0.398. The quantitative estimate of drug-likeness (QED) is 0.900. The lowest BCUT2D eigenvalue weighted by Crippen LogP contribution is -1.94. The van der Waals surface area contributed by atoms with Gasteiger partial charge in [0.05, 0.1) is 24.6 Å². The zero-order valence-electron chi connectivity index (χ0n) is 9.64. The standard InChI is InChI=1S/C13H10FN3O/c1-18-13-5-4-11(8-16-13)17-10-3-2-9(7-15)12(14)6-10/h2-6,8,17H,1H3. The third kappa shape index (κ3) is 2.55. The van der Waals surface area contributed by atoms with Gasteiger partial charge in [-0.15, -0.1) is 0 Å². The molecule has 2 aromatic rings. The molecule has 5 heteroatoms. The second-order valence-corrected chi connectivity index (χ2v) is 3.52. The van der Waals surface area contributed by atoms with Crippen molar-refractivity contribution in [2.24, 2.45) is 0 Å². The number of hydrogen-bond acceptors (Lipinski definition) is 4. The molecule has 1 N–H and O–H groups in total. The summed E-state index contributed by atoms with van der Waals surface area (Å²) >= 11 is 0. The Bertz CT molecular complexity index is 590. The number of benzene rings is 1. The summed E-state index contributed by atoms with van der Waals surface area (Å²) in [5.41, 5.74) is 1.28. The van der Waals surface area contributed by atoms with Gasteiger partial charge in [0.1, 0.15) is 11.9 Å². The number of anilines is 2. The summed E-state index contributed by atoms with van der Waals surface area (Å²) in [5, 5.41) is 11.6. The van der Waals surface area contributed by atoms with Gasteiger partial charge in [0.2, 0.25) is 5.88 Å². The van der Waals surface area contributed by atoms with E-state index in [9.17, 15) is 4.39 Å². The summed E-state index contributed by atoms with van der Waals surface area (Å²) in [5.74, 6) is -0.0458. The molecule has 0 radical (unpaired) electrons. The molecule has 18 heavy (non-hydrogen) atoms. The van der Waals surface area contributed by atoms with Gasteiger partial charge in [-0.1, -0.05) is 0 Å². The van der Waals surface area contributed by atoms with Crippen LogP contribution in [0.1, 0.15) is 5.56 Å². The first-order chi connectivity index (χ1) is 8.72. The van der Waals surface area contributed by atoms with E-state index in [0.29, 0.717) is 17.3 Å². The maximum absolute atomic E-state index is 13.4. The van der Waals surface area contributed by atoms with Gasteiger partial charge in [-0.3, -0.25) is 0 Å². The van der Waals surface area contributed by atoms with E-state index in [1.807, 2.05) is 0 Å². The van der Waals surface area contributed by atoms with E-state index >= 15 is 0 Å². The van der Waals surface area contributed by atoms with Crippen LogP contribution in [0.15, 0.2) is 36.5 Å². The van der Waals surface area contributed by atoms with E-state index in [2.05, 4.69) is 10.3 Å². The molecule has 0 aliphatic heterocycles. The number of aromatic nitrogens is 1. The molecule has 0 aliphatic rings. The zero-order valence-corrected chi connectivity index (χ0v) is 9.64. The Kier molecular flexibility index (Phi) is 3.39. The molecule has 2 rings (SSSR count). The summed E-state index contributed by atoms with van der Waals surface area (Å²) < 4.78 is 18.3. The molecular formula is C13H10FN3O. The number of nitrogens with zero attached hydrogens (tertiary/aromatic N) is 2. The van der Waals surface area contributed by atoms with E-state index in [1.54, 1.807) is 30.5 Å². The smallest absolute Gasteiger partial charge is 0.213 e. The highest BCUT2D eigenvalue weighted by molar-refractivity contribution is 5.60. The van der Waals surface area contributed by atoms with Crippen molar-refractivity contribution >= 4 is 11.4 Å². The number of rotatable bonds is 3. The number of ether oxygens (including phenoxy) is 1. The Labute approximate surface area is 104 Å². The summed E-state index contributed by atoms with van der Waals surface area (Å²) in [6, 6.07) is 9.56. The maximum Gasteiger partial charge on any atom is 0.213 e. The van der Waals surface area contributed by atoms with Crippen molar-refractivity contribution in [2.75, 3.05) is 12.4 Å². The average Bonchev–Trinajstić information content (AvgIpc) is 2.40. The maximum atomic E-state index is 13.4. The second kappa shape index (κ2) is 5.15. The van der Waals surface area contributed by atoms with Crippen LogP contribution in [0.4, 0.5) is 15.8 Å². The molecule has 0 spiro atoms. The van der Waals surface area contributed by atoms with Crippen LogP contribution in [0.25, 0.3) is 0 Å². The fraction of sp³-hybridized carbons (Fsp3) is 0.0769. The van der Waals surface area contributed by atoms with E-state index < -0.39 is 5.82 Å². The van der Waals surface area contributed by atoms with E-state index in [0.717, 1.165) is 0 Å². The van der Waals surface area contributed by atoms with Crippen molar-refractivity contribution in [2.45, 2.75) is 0 Å². The minimum atomic E-state index is -0.552. The summed E-state index contributed by atoms with van der Waals surface area (Å²) in [6.07, 6.45) is 1.58. The van der Waals surface area contributed by atoms with Crippen molar-refractivity contribution in [3.8, 4) is 11.9 Å². The minimum Gasteiger partial charge on any atom is -0.481 e. The number of nitriles is 1. The fourth-order valence-electron chi connectivity index (χ4n) is 1.43. The highest BCUT2D eigenvalue weighted by Gasteiger charge is 2.03. The first kappa shape index (κ1) is 11.9. The SMILES string of the molecule is COc1ccc(Nc2ccc(C#N)c(F)c2)cn1. The third-order valence-corrected chi connectivity index (χ3v) is 2.32. The summed E-state index contributed by atoms with van der Waals surface area (Å²) in [6.45, 7) is 0. The van der Waals surface area contributed by atoms with Crippen LogP contribution in [-0.4, -0.2) is 12.1 Å². The fourth-order valence-corrected chi connectivity index (χ4v) is 1.43. The van der Waals surface area contributed by atoms with Gasteiger partial charge in [0.15, 0.2) is 0 Å². The van der Waals surface area contributed by atoms with Crippen LogP contribution in [-0.2, 0) is 0 Å². The number of nitrogens with one attached hydrogen (secondary N) is 1. The Morgan fingerprint density at radius 1 is 1.28 bits per heavy atom. The first-order valence-electron chi connectivity index (χ1n) is 5.19. The van der Waals surface area contributed by atoms with E-state index in [4.69, 9.17) is 10.00 Å². The van der Waals surface area contributed by atoms with Gasteiger partial charge in [-0.2, -0.15) is 5.26 Å². The molecule has 0 fully saturated rings. The van der Waals surface area contributed by atoms with Crippen LogP contribution < -0.4 is 10.1 Å². The first-order valence-corrected chi connectivity index (χ1v) is 5.19. The van der Waals surface area contributed by atoms with Crippen molar-refractivity contribution < 1.29 is 9.13 Å². The Morgan fingerprint density at radius 2 is 2.06 bits per heavy atom. The molecule has 0 saturated heterocycles. The summed E-state index contributed by atoms with van der Waals surface area (Å²) in [7, 11) is 1.53. The molecule has 4 nitrogen and oxygen atoms in total. The average molecular weight is 243 g/mol. The molecule has 1 heterocycles. The Balaban J connectivity index is 2.18. The summed E-state index contributed by atoms with van der Waals surface area (Å²) in [4.78, 5) is 4.02. The van der Waals surface area contributed by atoms with Gasteiger partial charge in [0, 0.05) is 11.8 Å². The van der Waals surface area contributed by atoms with Crippen LogP contribution in [0.5, 0.6) is 5.88 Å². The molecule has 0 bridgehead atoms. The molecule has 0 atom stereocenters. The van der Waals surface area contributed by atoms with Gasteiger partial charge in [0.25, 0.3) is 0 Å². The van der Waals surface area contributed by atoms with Crippen molar-refractivity contribution in [1.82, 2.24) is 4.98 Å². The number of hydrogen-bond donors (Lipinski definition) is 1. The monoisotopic (exact) mass is 243 g/mol. The largest absolute Gasteiger partial charge is 0.481 e. The van der Waals surface area contributed by atoms with Gasteiger partial charge < -0.3 is 10.1 Å². The zero-order chi connectivity index (χ0) is 13.0. The van der Waals surface area contributed by atoms with Crippen molar-refractivity contribution in [3.63, 3.8) is 0 Å². The molecule has 0 saturated carbocycles. The lowest BCUT2D eigenvalue weighted by Gasteiger charge is -2.07. The molecular weight excluding hydrogens is 233 g/mol. The third-order valence-electron chi connectivity index (χ3n) is 2.32. The predicted molar refractivity (Wildman–Crippen MR) is 65.2 cm³/mol. The van der Waals surface area contributed by atoms with Crippen LogP contribution in [0.2, 0.25) is 0 Å². The Morgan fingerprint density at radius 3 is 2.61 bits per heavy atom. The van der Waals surface area contributed by atoms with Crippen molar-refractivity contribution in [1.29, 1.82) is 5.26 Å². The molecule has 1 aromatic carbocycles. The molecule has 0 unspecified atom stereocenters. The lowest BCUT2D eigenvalue weighted by atomic mass is 10.2. The van der Waals surface area contributed by atoms with Crippen molar-refractivity contribution in [3.05, 3.63) is 47.9 Å². The van der Waals surface area contributed by atoms with E-state index in [-0.39, 0.29) is 5.56 Å². The number of pyridine rings is 1. The molecule has 0 amide bonds. The van der Waals surface area contributed by atoms with Gasteiger partial charge >= 0.3 is 0 Å². The molecule has 0 aliphatic carbocycles. The normalized spacial score (nSPS) is 9.61. The Hall–Kier alpha value is -2.61. The minimum absolute atomic E-state index is 0.0217. The predicted octanol–water partition coefficient (Wildman–Crippen LogP) is 2.84. The molecule has 1 aromatic heterocycles. The van der Waals surface area contributed by atoms with Gasteiger partial charge in [-0.05, 0) is 24.3 Å². The highest BCUT2D eigenvalue weighted by atomic mass is 19.1. The van der Waals surface area contributed by atoms with E-state index in [1.165, 1.54) is 19.2 Å². The number of methoxy groups -OCH3 is 1. The topological polar surface area (TPSA) is 57.9 Å². The highest BCUT2D eigenvalue weighted by Crippen LogP contribution is 2.19. The molecule has 90 valence electrons. The van der Waals surface area contributed by atoms with Crippen LogP contribution in [0.3, 0.4) is 0 Å². The second-order valence-electron chi connectivity index (χ2n) is 3.52. The number of halogens is 1. The van der Waals surface area contributed by atoms with Crippen LogP contribution >= 0.6 is 0 Å².